The zero-order valence-electron chi connectivity index (χ0n) is 16.1. The molecule has 0 radical (unpaired) electrons. The lowest BCUT2D eigenvalue weighted by molar-refractivity contribution is 0.295. The molecule has 5 nitrogen and oxygen atoms in total. The highest BCUT2D eigenvalue weighted by molar-refractivity contribution is 6.35. The van der Waals surface area contributed by atoms with Gasteiger partial charge in [0.1, 0.15) is 5.69 Å². The van der Waals surface area contributed by atoms with Gasteiger partial charge in [0.25, 0.3) is 10.9 Å². The van der Waals surface area contributed by atoms with Crippen LogP contribution in [0.4, 0.5) is 11.4 Å². The number of ether oxygens (including phenoxy) is 1. The van der Waals surface area contributed by atoms with Gasteiger partial charge < -0.3 is 15.0 Å². The van der Waals surface area contributed by atoms with Crippen molar-refractivity contribution in [2.24, 2.45) is 0 Å². The molecule has 4 rings (SSSR count). The highest BCUT2D eigenvalue weighted by atomic mass is 35.5. The second-order valence-corrected chi connectivity index (χ2v) is 8.09. The second kappa shape index (κ2) is 7.82. The van der Waals surface area contributed by atoms with Crippen molar-refractivity contribution in [2.45, 2.75) is 19.4 Å². The van der Waals surface area contributed by atoms with E-state index < -0.39 is 10.9 Å². The van der Waals surface area contributed by atoms with Crippen LogP contribution in [0.1, 0.15) is 29.5 Å². The number of nitrogens with one attached hydrogen (secondary N) is 1. The normalized spacial score (nSPS) is 16.6. The van der Waals surface area contributed by atoms with Crippen molar-refractivity contribution >= 4 is 34.6 Å². The highest BCUT2D eigenvalue weighted by Crippen LogP contribution is 2.39. The number of anilines is 2. The monoisotopic (exact) mass is 430 g/mol. The minimum absolute atomic E-state index is 0.0840. The van der Waals surface area contributed by atoms with Crippen molar-refractivity contribution in [1.29, 1.82) is 0 Å². The van der Waals surface area contributed by atoms with E-state index in [0.717, 1.165) is 35.5 Å². The van der Waals surface area contributed by atoms with E-state index in [9.17, 15) is 9.59 Å². The Morgan fingerprint density at radius 1 is 1.17 bits per heavy atom. The Morgan fingerprint density at radius 3 is 2.72 bits per heavy atom. The number of benzene rings is 2. The molecule has 1 N–H and O–H groups in total. The number of hydrogen-bond acceptors (Lipinski definition) is 5. The summed E-state index contributed by atoms with van der Waals surface area (Å²) in [4.78, 5) is 25.9. The van der Waals surface area contributed by atoms with Crippen LogP contribution in [0.2, 0.25) is 10.0 Å². The van der Waals surface area contributed by atoms with Crippen LogP contribution in [0.3, 0.4) is 0 Å². The van der Waals surface area contributed by atoms with Crippen LogP contribution < -0.4 is 20.9 Å². The van der Waals surface area contributed by atoms with Crippen LogP contribution in [0, 0.1) is 0 Å². The molecule has 7 heteroatoms. The molecule has 0 fully saturated rings. The van der Waals surface area contributed by atoms with Crippen molar-refractivity contribution in [2.75, 3.05) is 25.5 Å². The standard InChI is InChI=1S/C22H20Cl2N2O3/c1-3-29-22-19(20(27)21(22)28)25-14-6-4-5-12(7-14)16-10-26(2)11-17-15(16)8-13(23)9-18(17)24/h4-9,16,25H,3,10-11H2,1-2H3. The lowest BCUT2D eigenvalue weighted by atomic mass is 9.84. The van der Waals surface area contributed by atoms with E-state index in [2.05, 4.69) is 17.3 Å². The SMILES string of the molecule is CCOc1c(Nc2cccc(C3CN(C)Cc4c(Cl)cc(Cl)cc43)c2)c(=O)c1=O. The van der Waals surface area contributed by atoms with Gasteiger partial charge in [0.05, 0.1) is 6.61 Å². The fourth-order valence-corrected chi connectivity index (χ4v) is 4.44. The Hall–Kier alpha value is -2.34. The molecule has 29 heavy (non-hydrogen) atoms. The summed E-state index contributed by atoms with van der Waals surface area (Å²) in [6.07, 6.45) is 0. The van der Waals surface area contributed by atoms with E-state index in [4.69, 9.17) is 27.9 Å². The molecule has 0 spiro atoms. The summed E-state index contributed by atoms with van der Waals surface area (Å²) in [5.41, 5.74) is 3.05. The number of fused-ring (bicyclic) bond motifs is 1. The lowest BCUT2D eigenvalue weighted by Gasteiger charge is -2.33. The second-order valence-electron chi connectivity index (χ2n) is 7.25. The third-order valence-electron chi connectivity index (χ3n) is 5.21. The van der Waals surface area contributed by atoms with Gasteiger partial charge in [0, 0.05) is 34.7 Å². The van der Waals surface area contributed by atoms with E-state index in [1.54, 1.807) is 13.0 Å². The first kappa shape index (κ1) is 20.0. The van der Waals surface area contributed by atoms with Crippen molar-refractivity contribution < 1.29 is 4.74 Å². The fraction of sp³-hybridized carbons (Fsp3) is 0.273. The van der Waals surface area contributed by atoms with E-state index in [0.29, 0.717) is 16.7 Å². The summed E-state index contributed by atoms with van der Waals surface area (Å²) in [7, 11) is 2.06. The molecule has 0 aliphatic carbocycles. The summed E-state index contributed by atoms with van der Waals surface area (Å²) < 4.78 is 5.29. The average Bonchev–Trinajstić information content (AvgIpc) is 2.70. The van der Waals surface area contributed by atoms with E-state index in [1.165, 1.54) is 0 Å². The molecular formula is C22H20Cl2N2O3. The van der Waals surface area contributed by atoms with E-state index >= 15 is 0 Å². The topological polar surface area (TPSA) is 58.6 Å². The Balaban J connectivity index is 1.70. The molecule has 1 aliphatic heterocycles. The summed E-state index contributed by atoms with van der Waals surface area (Å²) in [5, 5.41) is 4.33. The molecule has 0 amide bonds. The maximum Gasteiger partial charge on any atom is 0.272 e. The summed E-state index contributed by atoms with van der Waals surface area (Å²) in [5.74, 6) is 0.185. The Kier molecular flexibility index (Phi) is 5.38. The molecule has 150 valence electrons. The third-order valence-corrected chi connectivity index (χ3v) is 5.76. The molecule has 0 aromatic heterocycles. The summed E-state index contributed by atoms with van der Waals surface area (Å²) in [6.45, 7) is 3.68. The first-order chi connectivity index (χ1) is 13.9. The molecule has 0 bridgehead atoms. The van der Waals surface area contributed by atoms with Crippen molar-refractivity contribution in [3.8, 4) is 5.75 Å². The van der Waals surface area contributed by atoms with Crippen LogP contribution in [-0.2, 0) is 6.54 Å². The Labute approximate surface area is 178 Å². The molecule has 3 aromatic carbocycles. The predicted molar refractivity (Wildman–Crippen MR) is 117 cm³/mol. The Morgan fingerprint density at radius 2 is 1.97 bits per heavy atom. The number of hydrogen-bond donors (Lipinski definition) is 1. The third kappa shape index (κ3) is 3.66. The lowest BCUT2D eigenvalue weighted by Crippen LogP contribution is -2.35. The quantitative estimate of drug-likeness (QED) is 0.611. The van der Waals surface area contributed by atoms with Crippen molar-refractivity contribution in [1.82, 2.24) is 4.90 Å². The molecule has 3 aromatic rings. The van der Waals surface area contributed by atoms with Crippen LogP contribution in [-0.4, -0.2) is 25.1 Å². The smallest absolute Gasteiger partial charge is 0.272 e. The van der Waals surface area contributed by atoms with Gasteiger partial charge in [-0.3, -0.25) is 9.59 Å². The number of likely N-dealkylation sites (N-methyl/N-ethyl adjacent to an activating group) is 1. The largest absolute Gasteiger partial charge is 0.488 e. The Bertz CT molecular complexity index is 1150. The number of rotatable bonds is 5. The molecule has 1 atom stereocenters. The summed E-state index contributed by atoms with van der Waals surface area (Å²) >= 11 is 12.7. The molecule has 0 saturated carbocycles. The first-order valence-corrected chi connectivity index (χ1v) is 10.1. The zero-order chi connectivity index (χ0) is 20.7. The van der Waals surface area contributed by atoms with E-state index in [-0.39, 0.29) is 17.4 Å². The minimum atomic E-state index is -0.586. The molecule has 1 unspecified atom stereocenters. The fourth-order valence-electron chi connectivity index (χ4n) is 3.87. The number of halogens is 2. The van der Waals surface area contributed by atoms with Gasteiger partial charge in [-0.1, -0.05) is 35.3 Å². The first-order valence-electron chi connectivity index (χ1n) is 9.38. The highest BCUT2D eigenvalue weighted by Gasteiger charge is 2.28. The average molecular weight is 431 g/mol. The van der Waals surface area contributed by atoms with Crippen LogP contribution in [0.15, 0.2) is 46.0 Å². The van der Waals surface area contributed by atoms with Gasteiger partial charge in [-0.05, 0) is 54.9 Å². The van der Waals surface area contributed by atoms with Crippen molar-refractivity contribution in [3.05, 3.63) is 83.6 Å². The number of nitrogens with zero attached hydrogens (tertiary/aromatic N) is 1. The van der Waals surface area contributed by atoms with Gasteiger partial charge in [0.2, 0.25) is 0 Å². The molecule has 0 saturated heterocycles. The van der Waals surface area contributed by atoms with Crippen LogP contribution in [0.5, 0.6) is 5.75 Å². The van der Waals surface area contributed by atoms with Crippen molar-refractivity contribution in [3.63, 3.8) is 0 Å². The van der Waals surface area contributed by atoms with E-state index in [1.807, 2.05) is 30.3 Å². The summed E-state index contributed by atoms with van der Waals surface area (Å²) in [6, 6.07) is 11.5. The van der Waals surface area contributed by atoms with Gasteiger partial charge >= 0.3 is 0 Å². The molecule has 1 aliphatic rings. The van der Waals surface area contributed by atoms with Gasteiger partial charge in [-0.25, -0.2) is 0 Å². The van der Waals surface area contributed by atoms with Gasteiger partial charge in [-0.15, -0.1) is 0 Å². The minimum Gasteiger partial charge on any atom is -0.488 e. The van der Waals surface area contributed by atoms with Gasteiger partial charge in [0.15, 0.2) is 5.75 Å². The maximum atomic E-state index is 11.9. The van der Waals surface area contributed by atoms with Gasteiger partial charge in [-0.2, -0.15) is 0 Å². The molecule has 1 heterocycles. The van der Waals surface area contributed by atoms with Crippen LogP contribution >= 0.6 is 23.2 Å². The molecular weight excluding hydrogens is 411 g/mol. The predicted octanol–water partition coefficient (Wildman–Crippen LogP) is 4.31. The maximum absolute atomic E-state index is 11.9. The van der Waals surface area contributed by atoms with Crippen LogP contribution in [0.25, 0.3) is 0 Å². The zero-order valence-corrected chi connectivity index (χ0v) is 17.6.